The number of aromatic nitrogens is 1. The molecular formula is C10H12N2O5S. The highest BCUT2D eigenvalue weighted by Crippen LogP contribution is 2.09. The number of rotatable bonds is 4. The van der Waals surface area contributed by atoms with Crippen molar-refractivity contribution < 1.29 is 24.2 Å². The van der Waals surface area contributed by atoms with E-state index in [1.54, 1.807) is 0 Å². The van der Waals surface area contributed by atoms with Gasteiger partial charge in [-0.1, -0.05) is 0 Å². The van der Waals surface area contributed by atoms with E-state index in [0.29, 0.717) is 18.2 Å². The van der Waals surface area contributed by atoms with Gasteiger partial charge in [-0.2, -0.15) is 0 Å². The van der Waals surface area contributed by atoms with Crippen molar-refractivity contribution in [2.24, 2.45) is 0 Å². The van der Waals surface area contributed by atoms with E-state index >= 15 is 0 Å². The van der Waals surface area contributed by atoms with Crippen molar-refractivity contribution >= 4 is 23.2 Å². The van der Waals surface area contributed by atoms with Crippen molar-refractivity contribution in [1.29, 1.82) is 0 Å². The largest absolute Gasteiger partial charge is 0.476 e. The third-order valence-electron chi connectivity index (χ3n) is 2.29. The molecule has 8 heteroatoms. The van der Waals surface area contributed by atoms with Crippen LogP contribution in [-0.4, -0.2) is 47.9 Å². The lowest BCUT2D eigenvalue weighted by Gasteiger charge is -2.21. The summed E-state index contributed by atoms with van der Waals surface area (Å²) in [5.74, 6) is -1.35. The zero-order chi connectivity index (χ0) is 13.0. The SMILES string of the molecule is O=C(O)c1csc(CNC(=O)C2COCCO2)n1. The monoisotopic (exact) mass is 272 g/mol. The average Bonchev–Trinajstić information content (AvgIpc) is 2.86. The Morgan fingerprint density at radius 1 is 1.56 bits per heavy atom. The Bertz CT molecular complexity index is 441. The lowest BCUT2D eigenvalue weighted by atomic mass is 10.3. The maximum atomic E-state index is 11.7. The number of aromatic carboxylic acids is 1. The summed E-state index contributed by atoms with van der Waals surface area (Å²) in [7, 11) is 0. The summed E-state index contributed by atoms with van der Waals surface area (Å²) < 4.78 is 10.3. The molecule has 1 unspecified atom stereocenters. The van der Waals surface area contributed by atoms with Gasteiger partial charge in [-0.3, -0.25) is 4.79 Å². The van der Waals surface area contributed by atoms with Crippen LogP contribution in [0.2, 0.25) is 0 Å². The lowest BCUT2D eigenvalue weighted by molar-refractivity contribution is -0.147. The van der Waals surface area contributed by atoms with Crippen LogP contribution in [0, 0.1) is 0 Å². The van der Waals surface area contributed by atoms with Crippen LogP contribution in [0.4, 0.5) is 0 Å². The molecule has 0 bridgehead atoms. The standard InChI is InChI=1S/C10H12N2O5S/c13-9(7-4-16-1-2-17-7)11-3-8-12-6(5-18-8)10(14)15/h5,7H,1-4H2,(H,11,13)(H,14,15). The fourth-order valence-corrected chi connectivity index (χ4v) is 2.11. The van der Waals surface area contributed by atoms with Crippen molar-refractivity contribution in [2.45, 2.75) is 12.6 Å². The average molecular weight is 272 g/mol. The van der Waals surface area contributed by atoms with Crippen molar-refractivity contribution in [3.63, 3.8) is 0 Å². The molecular weight excluding hydrogens is 260 g/mol. The van der Waals surface area contributed by atoms with Gasteiger partial charge in [-0.25, -0.2) is 9.78 Å². The second-order valence-corrected chi connectivity index (χ2v) is 4.53. The second kappa shape index (κ2) is 5.89. The molecule has 0 aromatic carbocycles. The Morgan fingerprint density at radius 3 is 3.00 bits per heavy atom. The molecule has 0 saturated carbocycles. The first-order chi connectivity index (χ1) is 8.66. The fourth-order valence-electron chi connectivity index (χ4n) is 1.41. The van der Waals surface area contributed by atoms with Crippen LogP contribution < -0.4 is 5.32 Å². The van der Waals surface area contributed by atoms with Crippen LogP contribution in [0.1, 0.15) is 15.5 Å². The Labute approximate surface area is 107 Å². The Kier molecular flexibility index (Phi) is 4.24. The molecule has 1 aromatic heterocycles. The first-order valence-electron chi connectivity index (χ1n) is 5.31. The number of nitrogens with zero attached hydrogens (tertiary/aromatic N) is 1. The molecule has 1 saturated heterocycles. The molecule has 7 nitrogen and oxygen atoms in total. The lowest BCUT2D eigenvalue weighted by Crippen LogP contribution is -2.42. The van der Waals surface area contributed by atoms with Crippen LogP contribution in [0.15, 0.2) is 5.38 Å². The first-order valence-corrected chi connectivity index (χ1v) is 6.19. The molecule has 1 aliphatic rings. The summed E-state index contributed by atoms with van der Waals surface area (Å²) in [6.07, 6.45) is -0.599. The third-order valence-corrected chi connectivity index (χ3v) is 3.14. The van der Waals surface area contributed by atoms with Crippen molar-refractivity contribution in [1.82, 2.24) is 10.3 Å². The number of hydrogen-bond donors (Lipinski definition) is 2. The zero-order valence-electron chi connectivity index (χ0n) is 9.42. The molecule has 2 N–H and O–H groups in total. The molecule has 0 aliphatic carbocycles. The molecule has 1 amide bonds. The van der Waals surface area contributed by atoms with E-state index in [1.807, 2.05) is 0 Å². The highest BCUT2D eigenvalue weighted by Gasteiger charge is 2.22. The van der Waals surface area contributed by atoms with Gasteiger partial charge in [0, 0.05) is 5.38 Å². The van der Waals surface area contributed by atoms with Crippen molar-refractivity contribution in [2.75, 3.05) is 19.8 Å². The highest BCUT2D eigenvalue weighted by molar-refractivity contribution is 7.09. The molecule has 2 rings (SSSR count). The number of thiazole rings is 1. The number of ether oxygens (including phenoxy) is 2. The molecule has 1 atom stereocenters. The summed E-state index contributed by atoms with van der Waals surface area (Å²) in [5, 5.41) is 13.3. The van der Waals surface area contributed by atoms with E-state index in [2.05, 4.69) is 10.3 Å². The number of carbonyl (C=O) groups excluding carboxylic acids is 1. The highest BCUT2D eigenvalue weighted by atomic mass is 32.1. The number of carboxylic acid groups (broad SMARTS) is 1. The first kappa shape index (κ1) is 12.9. The number of amides is 1. The Hall–Kier alpha value is -1.51. The van der Waals surface area contributed by atoms with Gasteiger partial charge in [-0.15, -0.1) is 11.3 Å². The van der Waals surface area contributed by atoms with E-state index < -0.39 is 12.1 Å². The predicted molar refractivity (Wildman–Crippen MR) is 61.5 cm³/mol. The summed E-state index contributed by atoms with van der Waals surface area (Å²) in [4.78, 5) is 26.1. The van der Waals surface area contributed by atoms with Gasteiger partial charge in [0.25, 0.3) is 5.91 Å². The molecule has 18 heavy (non-hydrogen) atoms. The second-order valence-electron chi connectivity index (χ2n) is 3.58. The molecule has 1 aromatic rings. The van der Waals surface area contributed by atoms with Gasteiger partial charge in [-0.05, 0) is 0 Å². The van der Waals surface area contributed by atoms with Gasteiger partial charge in [0.1, 0.15) is 5.01 Å². The zero-order valence-corrected chi connectivity index (χ0v) is 10.2. The minimum absolute atomic E-state index is 0.0125. The van der Waals surface area contributed by atoms with Crippen LogP contribution in [0.3, 0.4) is 0 Å². The summed E-state index contributed by atoms with van der Waals surface area (Å²) in [6, 6.07) is 0. The van der Waals surface area contributed by atoms with Crippen LogP contribution in [-0.2, 0) is 20.8 Å². The molecule has 1 fully saturated rings. The maximum absolute atomic E-state index is 11.7. The summed E-state index contributed by atoms with van der Waals surface area (Å²) in [6.45, 7) is 1.33. The summed E-state index contributed by atoms with van der Waals surface area (Å²) >= 11 is 1.19. The van der Waals surface area contributed by atoms with E-state index in [0.717, 1.165) is 0 Å². The smallest absolute Gasteiger partial charge is 0.355 e. The van der Waals surface area contributed by atoms with Gasteiger partial charge >= 0.3 is 5.97 Å². The number of nitrogens with one attached hydrogen (secondary N) is 1. The Balaban J connectivity index is 1.82. The number of carbonyl (C=O) groups is 2. The minimum atomic E-state index is -1.08. The molecule has 0 radical (unpaired) electrons. The molecule has 98 valence electrons. The van der Waals surface area contributed by atoms with Gasteiger partial charge in [0.2, 0.25) is 0 Å². The van der Waals surface area contributed by atoms with Gasteiger partial charge < -0.3 is 19.9 Å². The fraction of sp³-hybridized carbons (Fsp3) is 0.500. The predicted octanol–water partition coefficient (Wildman–Crippen LogP) is -0.127. The molecule has 1 aliphatic heterocycles. The van der Waals surface area contributed by atoms with E-state index in [9.17, 15) is 9.59 Å². The number of hydrogen-bond acceptors (Lipinski definition) is 6. The van der Waals surface area contributed by atoms with Gasteiger partial charge in [0.15, 0.2) is 11.8 Å². The van der Waals surface area contributed by atoms with Crippen LogP contribution >= 0.6 is 11.3 Å². The number of carboxylic acids is 1. The molecule has 0 spiro atoms. The van der Waals surface area contributed by atoms with E-state index in [1.165, 1.54) is 16.7 Å². The maximum Gasteiger partial charge on any atom is 0.355 e. The normalized spacial score (nSPS) is 19.4. The topological polar surface area (TPSA) is 97.8 Å². The minimum Gasteiger partial charge on any atom is -0.476 e. The molecule has 2 heterocycles. The Morgan fingerprint density at radius 2 is 2.39 bits per heavy atom. The van der Waals surface area contributed by atoms with Crippen molar-refractivity contribution in [3.05, 3.63) is 16.1 Å². The quantitative estimate of drug-likeness (QED) is 0.792. The third kappa shape index (κ3) is 3.25. The van der Waals surface area contributed by atoms with E-state index in [-0.39, 0.29) is 24.8 Å². The van der Waals surface area contributed by atoms with Crippen LogP contribution in [0.25, 0.3) is 0 Å². The van der Waals surface area contributed by atoms with Gasteiger partial charge in [0.05, 0.1) is 26.4 Å². The van der Waals surface area contributed by atoms with Crippen LogP contribution in [0.5, 0.6) is 0 Å². The summed E-state index contributed by atoms with van der Waals surface area (Å²) in [5.41, 5.74) is -0.0125. The van der Waals surface area contributed by atoms with Crippen molar-refractivity contribution in [3.8, 4) is 0 Å². The van der Waals surface area contributed by atoms with E-state index in [4.69, 9.17) is 14.6 Å².